The molecule has 1 aromatic carbocycles. The Bertz CT molecular complexity index is 384. The van der Waals surface area contributed by atoms with Crippen molar-refractivity contribution in [1.82, 2.24) is 0 Å². The zero-order valence-corrected chi connectivity index (χ0v) is 7.86. The number of carbonyl (C=O) groups is 1. The molecule has 14 heavy (non-hydrogen) atoms. The maximum Gasteiger partial charge on any atom is 0.307 e. The van der Waals surface area contributed by atoms with Gasteiger partial charge in [-0.15, -0.1) is 0 Å². The fourth-order valence-corrected chi connectivity index (χ4v) is 2.81. The summed E-state index contributed by atoms with van der Waals surface area (Å²) >= 11 is 0. The minimum atomic E-state index is -0.613. The first-order chi connectivity index (χ1) is 6.71. The van der Waals surface area contributed by atoms with Crippen LogP contribution < -0.4 is 0 Å². The summed E-state index contributed by atoms with van der Waals surface area (Å²) in [7, 11) is 0. The fraction of sp³-hybridized carbons (Fsp3) is 0.417. The normalized spacial score (nSPS) is 26.1. The molecule has 72 valence electrons. The van der Waals surface area contributed by atoms with E-state index in [1.54, 1.807) is 0 Å². The van der Waals surface area contributed by atoms with Crippen LogP contribution in [0.2, 0.25) is 0 Å². The molecule has 0 heterocycles. The molecule has 2 aliphatic rings. The molecule has 2 heteroatoms. The van der Waals surface area contributed by atoms with Gasteiger partial charge in [0.05, 0.1) is 5.92 Å². The van der Waals surface area contributed by atoms with Gasteiger partial charge in [0.25, 0.3) is 0 Å². The van der Waals surface area contributed by atoms with Crippen molar-refractivity contribution in [3.8, 4) is 0 Å². The van der Waals surface area contributed by atoms with E-state index >= 15 is 0 Å². The molecule has 0 bridgehead atoms. The minimum absolute atomic E-state index is 0.0881. The summed E-state index contributed by atoms with van der Waals surface area (Å²) in [4.78, 5) is 10.9. The zero-order chi connectivity index (χ0) is 9.76. The molecule has 3 rings (SSSR count). The van der Waals surface area contributed by atoms with Gasteiger partial charge in [-0.05, 0) is 35.8 Å². The van der Waals surface area contributed by atoms with Crippen molar-refractivity contribution in [3.63, 3.8) is 0 Å². The number of aliphatic carboxylic acids is 1. The fourth-order valence-electron chi connectivity index (χ4n) is 2.81. The van der Waals surface area contributed by atoms with E-state index in [1.165, 1.54) is 11.1 Å². The lowest BCUT2D eigenvalue weighted by Crippen LogP contribution is -2.10. The average molecular weight is 188 g/mol. The van der Waals surface area contributed by atoms with E-state index < -0.39 is 5.97 Å². The molecule has 2 nitrogen and oxygen atoms in total. The van der Waals surface area contributed by atoms with E-state index in [0.717, 1.165) is 19.3 Å². The van der Waals surface area contributed by atoms with Gasteiger partial charge in [0.1, 0.15) is 0 Å². The molecule has 1 aromatic rings. The van der Waals surface area contributed by atoms with E-state index in [2.05, 4.69) is 12.1 Å². The molecule has 1 N–H and O–H groups in total. The molecular formula is C12H12O2. The van der Waals surface area contributed by atoms with Crippen molar-refractivity contribution < 1.29 is 9.90 Å². The third-order valence-electron chi connectivity index (χ3n) is 3.69. The lowest BCUT2D eigenvalue weighted by molar-refractivity contribution is -0.139. The number of hydrogen-bond donors (Lipinski definition) is 1. The Labute approximate surface area is 82.6 Å². The summed E-state index contributed by atoms with van der Waals surface area (Å²) < 4.78 is 0. The molecule has 1 fully saturated rings. The van der Waals surface area contributed by atoms with Gasteiger partial charge in [0.2, 0.25) is 0 Å². The van der Waals surface area contributed by atoms with Gasteiger partial charge in [0, 0.05) is 0 Å². The van der Waals surface area contributed by atoms with Gasteiger partial charge in [-0.3, -0.25) is 4.79 Å². The van der Waals surface area contributed by atoms with Crippen molar-refractivity contribution in [2.45, 2.75) is 19.3 Å². The van der Waals surface area contributed by atoms with Gasteiger partial charge in [-0.2, -0.15) is 0 Å². The number of carboxylic acids is 1. The summed E-state index contributed by atoms with van der Waals surface area (Å²) in [6.45, 7) is 0. The number of fused-ring (bicyclic) bond motifs is 1. The first kappa shape index (κ1) is 8.04. The summed E-state index contributed by atoms with van der Waals surface area (Å²) in [5.74, 6) is -0.701. The van der Waals surface area contributed by atoms with E-state index in [4.69, 9.17) is 5.11 Å². The zero-order valence-electron chi connectivity index (χ0n) is 7.86. The van der Waals surface area contributed by atoms with E-state index in [9.17, 15) is 4.79 Å². The second kappa shape index (κ2) is 2.38. The van der Waals surface area contributed by atoms with Crippen molar-refractivity contribution in [2.75, 3.05) is 0 Å². The van der Waals surface area contributed by atoms with Gasteiger partial charge in [-0.25, -0.2) is 0 Å². The van der Waals surface area contributed by atoms with Crippen molar-refractivity contribution >= 4 is 5.97 Å². The molecule has 0 unspecified atom stereocenters. The van der Waals surface area contributed by atoms with Crippen LogP contribution in [0, 0.1) is 11.3 Å². The third-order valence-corrected chi connectivity index (χ3v) is 3.69. The Kier molecular flexibility index (Phi) is 1.37. The second-order valence-electron chi connectivity index (χ2n) is 4.58. The van der Waals surface area contributed by atoms with Crippen LogP contribution in [-0.2, 0) is 17.6 Å². The average Bonchev–Trinajstić information content (AvgIpc) is 2.72. The molecule has 0 aromatic heterocycles. The van der Waals surface area contributed by atoms with Crippen LogP contribution in [0.4, 0.5) is 0 Å². The van der Waals surface area contributed by atoms with E-state index in [0.29, 0.717) is 0 Å². The Hall–Kier alpha value is -1.31. The predicted molar refractivity (Wildman–Crippen MR) is 52.0 cm³/mol. The van der Waals surface area contributed by atoms with E-state index in [-0.39, 0.29) is 11.3 Å². The summed E-state index contributed by atoms with van der Waals surface area (Å²) in [6, 6.07) is 8.33. The van der Waals surface area contributed by atoms with Crippen molar-refractivity contribution in [3.05, 3.63) is 35.4 Å². The highest BCUT2D eigenvalue weighted by Gasteiger charge is 2.60. The smallest absolute Gasteiger partial charge is 0.307 e. The number of carboxylic acid groups (broad SMARTS) is 1. The third kappa shape index (κ3) is 0.939. The number of rotatable bonds is 1. The Morgan fingerprint density at radius 2 is 1.86 bits per heavy atom. The second-order valence-corrected chi connectivity index (χ2v) is 4.58. The van der Waals surface area contributed by atoms with Crippen LogP contribution in [0.3, 0.4) is 0 Å². The minimum Gasteiger partial charge on any atom is -0.481 e. The maximum absolute atomic E-state index is 10.9. The van der Waals surface area contributed by atoms with Crippen LogP contribution in [-0.4, -0.2) is 11.1 Å². The van der Waals surface area contributed by atoms with Crippen LogP contribution >= 0.6 is 0 Å². The standard InChI is InChI=1S/C12H12O2/c13-11(14)10-7-12(10)5-8-3-1-2-4-9(8)6-12/h1-4,10H,5-7H2,(H,13,14)/t10-/m1/s1. The van der Waals surface area contributed by atoms with Gasteiger partial charge < -0.3 is 5.11 Å². The molecular weight excluding hydrogens is 176 g/mol. The molecule has 0 aliphatic heterocycles. The van der Waals surface area contributed by atoms with Gasteiger partial charge in [0.15, 0.2) is 0 Å². The summed E-state index contributed by atoms with van der Waals surface area (Å²) in [5, 5.41) is 8.96. The first-order valence-corrected chi connectivity index (χ1v) is 5.01. The van der Waals surface area contributed by atoms with Crippen LogP contribution in [0.1, 0.15) is 17.5 Å². The van der Waals surface area contributed by atoms with Crippen molar-refractivity contribution in [2.24, 2.45) is 11.3 Å². The number of hydrogen-bond acceptors (Lipinski definition) is 1. The molecule has 2 aliphatic carbocycles. The number of benzene rings is 1. The molecule has 1 spiro atoms. The highest BCUT2D eigenvalue weighted by Crippen LogP contribution is 2.60. The summed E-state index contributed by atoms with van der Waals surface area (Å²) in [6.07, 6.45) is 2.82. The van der Waals surface area contributed by atoms with Crippen molar-refractivity contribution in [1.29, 1.82) is 0 Å². The predicted octanol–water partition coefficient (Wildman–Crippen LogP) is 1.88. The molecule has 1 atom stereocenters. The lowest BCUT2D eigenvalue weighted by Gasteiger charge is -2.03. The highest BCUT2D eigenvalue weighted by molar-refractivity contribution is 5.75. The first-order valence-electron chi connectivity index (χ1n) is 5.01. The topological polar surface area (TPSA) is 37.3 Å². The highest BCUT2D eigenvalue weighted by atomic mass is 16.4. The molecule has 0 saturated heterocycles. The monoisotopic (exact) mass is 188 g/mol. The van der Waals surface area contributed by atoms with Crippen LogP contribution in [0.5, 0.6) is 0 Å². The van der Waals surface area contributed by atoms with E-state index in [1.807, 2.05) is 12.1 Å². The quantitative estimate of drug-likeness (QED) is 0.730. The summed E-state index contributed by atoms with van der Waals surface area (Å²) in [5.41, 5.74) is 2.81. The van der Waals surface area contributed by atoms with Gasteiger partial charge in [-0.1, -0.05) is 24.3 Å². The SMILES string of the molecule is O=C(O)[C@H]1CC12Cc1ccccc1C2. The van der Waals surface area contributed by atoms with Gasteiger partial charge >= 0.3 is 5.97 Å². The lowest BCUT2D eigenvalue weighted by atomic mass is 10.0. The Morgan fingerprint density at radius 1 is 1.29 bits per heavy atom. The van der Waals surface area contributed by atoms with Crippen LogP contribution in [0.15, 0.2) is 24.3 Å². The molecule has 0 radical (unpaired) electrons. The molecule has 1 saturated carbocycles. The Morgan fingerprint density at radius 3 is 2.29 bits per heavy atom. The maximum atomic E-state index is 10.9. The van der Waals surface area contributed by atoms with Crippen LogP contribution in [0.25, 0.3) is 0 Å². The largest absolute Gasteiger partial charge is 0.481 e. The molecule has 0 amide bonds. The Balaban J connectivity index is 1.90.